The molecule has 0 radical (unpaired) electrons. The van der Waals surface area contributed by atoms with E-state index in [2.05, 4.69) is 16.5 Å². The number of carbonyl (C=O) groups excluding carboxylic acids is 1. The topological polar surface area (TPSA) is 70.7 Å². The van der Waals surface area contributed by atoms with Crippen molar-refractivity contribution >= 4 is 5.91 Å². The normalized spacial score (nSPS) is 10.9. The van der Waals surface area contributed by atoms with E-state index >= 15 is 0 Å². The first-order chi connectivity index (χ1) is 8.07. The number of hydrogen-bond donors (Lipinski definition) is 1. The highest BCUT2D eigenvalue weighted by molar-refractivity contribution is 5.85. The van der Waals surface area contributed by atoms with Crippen LogP contribution in [0.1, 0.15) is 32.3 Å². The number of carbonyl (C=O) groups is 1. The van der Waals surface area contributed by atoms with E-state index < -0.39 is 5.41 Å². The molecule has 1 N–H and O–H groups in total. The molecule has 0 aliphatic heterocycles. The lowest BCUT2D eigenvalue weighted by atomic mass is 9.83. The van der Waals surface area contributed by atoms with E-state index in [1.165, 1.54) is 0 Å². The van der Waals surface area contributed by atoms with Gasteiger partial charge in [-0.15, -0.1) is 0 Å². The fourth-order valence-corrected chi connectivity index (χ4v) is 1.69. The lowest BCUT2D eigenvalue weighted by Crippen LogP contribution is -2.38. The van der Waals surface area contributed by atoms with Crippen molar-refractivity contribution in [2.45, 2.75) is 33.2 Å². The molecular weight excluding hydrogens is 216 g/mol. The molecule has 1 heterocycles. The molecule has 0 bridgehead atoms. The van der Waals surface area contributed by atoms with Gasteiger partial charge in [0.2, 0.25) is 5.91 Å². The molecule has 17 heavy (non-hydrogen) atoms. The van der Waals surface area contributed by atoms with Crippen molar-refractivity contribution in [3.63, 3.8) is 0 Å². The number of nitriles is 1. The Morgan fingerprint density at radius 1 is 1.59 bits per heavy atom. The van der Waals surface area contributed by atoms with Crippen LogP contribution in [0.2, 0.25) is 0 Å². The minimum Gasteiger partial charge on any atom is -0.351 e. The van der Waals surface area contributed by atoms with Gasteiger partial charge in [-0.3, -0.25) is 9.48 Å². The fraction of sp³-hybridized carbons (Fsp3) is 0.583. The van der Waals surface area contributed by atoms with E-state index in [9.17, 15) is 4.79 Å². The van der Waals surface area contributed by atoms with E-state index in [0.29, 0.717) is 19.4 Å². The summed E-state index contributed by atoms with van der Waals surface area (Å²) in [5, 5.41) is 15.9. The first-order valence-corrected chi connectivity index (χ1v) is 5.75. The van der Waals surface area contributed by atoms with Gasteiger partial charge in [-0.1, -0.05) is 13.8 Å². The number of hydrogen-bond acceptors (Lipinski definition) is 3. The maximum Gasteiger partial charge on any atom is 0.240 e. The monoisotopic (exact) mass is 234 g/mol. The van der Waals surface area contributed by atoms with Gasteiger partial charge in [0.25, 0.3) is 0 Å². The van der Waals surface area contributed by atoms with Gasteiger partial charge in [0.15, 0.2) is 0 Å². The number of nitrogens with one attached hydrogen (secondary N) is 1. The number of amides is 1. The number of aryl methyl sites for hydroxylation is 1. The fourth-order valence-electron chi connectivity index (χ4n) is 1.69. The number of rotatable bonds is 5. The molecule has 1 aromatic rings. The quantitative estimate of drug-likeness (QED) is 0.836. The lowest BCUT2D eigenvalue weighted by molar-refractivity contribution is -0.128. The molecule has 0 aliphatic rings. The molecular formula is C12H18N4O. The Balaban J connectivity index is 2.63. The van der Waals surface area contributed by atoms with Gasteiger partial charge in [0.05, 0.1) is 12.3 Å². The molecule has 0 saturated heterocycles. The van der Waals surface area contributed by atoms with Crippen LogP contribution in [0.15, 0.2) is 12.4 Å². The minimum atomic E-state index is -0.901. The summed E-state index contributed by atoms with van der Waals surface area (Å²) in [5.41, 5.74) is 0.0299. The van der Waals surface area contributed by atoms with Crippen LogP contribution in [0.4, 0.5) is 0 Å². The third-order valence-electron chi connectivity index (χ3n) is 3.07. The van der Waals surface area contributed by atoms with Crippen LogP contribution < -0.4 is 5.32 Å². The van der Waals surface area contributed by atoms with Gasteiger partial charge < -0.3 is 5.32 Å². The summed E-state index contributed by atoms with van der Waals surface area (Å²) in [6, 6.07) is 2.12. The van der Waals surface area contributed by atoms with Gasteiger partial charge in [-0.2, -0.15) is 10.4 Å². The van der Waals surface area contributed by atoms with Crippen LogP contribution in [0.25, 0.3) is 0 Å². The highest BCUT2D eigenvalue weighted by atomic mass is 16.2. The zero-order chi connectivity index (χ0) is 12.9. The predicted octanol–water partition coefficient (Wildman–Crippen LogP) is 1.37. The molecule has 1 aromatic heterocycles. The molecule has 5 nitrogen and oxygen atoms in total. The van der Waals surface area contributed by atoms with Crippen LogP contribution in [-0.4, -0.2) is 15.7 Å². The van der Waals surface area contributed by atoms with E-state index in [-0.39, 0.29) is 5.91 Å². The molecule has 0 fully saturated rings. The number of nitrogens with zero attached hydrogens (tertiary/aromatic N) is 3. The van der Waals surface area contributed by atoms with Crippen molar-refractivity contribution in [3.05, 3.63) is 18.0 Å². The van der Waals surface area contributed by atoms with E-state index in [4.69, 9.17) is 5.26 Å². The molecule has 5 heteroatoms. The molecule has 1 amide bonds. The first kappa shape index (κ1) is 13.2. The molecule has 0 aromatic carbocycles. The minimum absolute atomic E-state index is 0.200. The Kier molecular flexibility index (Phi) is 4.27. The Labute approximate surface area is 101 Å². The molecule has 0 aliphatic carbocycles. The standard InChI is InChI=1S/C12H18N4O/c1-4-12(5-2,9-13)11(17)14-6-10-7-15-16(3)8-10/h7-8H,4-6H2,1-3H3,(H,14,17). The smallest absolute Gasteiger partial charge is 0.240 e. The second-order valence-electron chi connectivity index (χ2n) is 4.11. The van der Waals surface area contributed by atoms with Crippen molar-refractivity contribution in [2.75, 3.05) is 0 Å². The Morgan fingerprint density at radius 2 is 2.24 bits per heavy atom. The molecule has 1 rings (SSSR count). The zero-order valence-electron chi connectivity index (χ0n) is 10.5. The van der Waals surface area contributed by atoms with Gasteiger partial charge >= 0.3 is 0 Å². The first-order valence-electron chi connectivity index (χ1n) is 5.75. The van der Waals surface area contributed by atoms with Crippen molar-refractivity contribution in [1.82, 2.24) is 15.1 Å². The van der Waals surface area contributed by atoms with Gasteiger partial charge in [0, 0.05) is 25.4 Å². The molecule has 0 atom stereocenters. The van der Waals surface area contributed by atoms with Crippen LogP contribution >= 0.6 is 0 Å². The maximum atomic E-state index is 12.0. The van der Waals surface area contributed by atoms with Gasteiger partial charge in [-0.25, -0.2) is 0 Å². The molecule has 0 unspecified atom stereocenters. The highest BCUT2D eigenvalue weighted by Crippen LogP contribution is 2.25. The van der Waals surface area contributed by atoms with Crippen LogP contribution in [0, 0.1) is 16.7 Å². The summed E-state index contributed by atoms with van der Waals surface area (Å²) in [4.78, 5) is 12.0. The van der Waals surface area contributed by atoms with Crippen molar-refractivity contribution < 1.29 is 4.79 Å². The summed E-state index contributed by atoms with van der Waals surface area (Å²) in [7, 11) is 1.82. The van der Waals surface area contributed by atoms with Crippen molar-refractivity contribution in [2.24, 2.45) is 12.5 Å². The Bertz CT molecular complexity index is 426. The zero-order valence-corrected chi connectivity index (χ0v) is 10.5. The van der Waals surface area contributed by atoms with Crippen molar-refractivity contribution in [1.29, 1.82) is 5.26 Å². The van der Waals surface area contributed by atoms with Gasteiger partial charge in [0.1, 0.15) is 5.41 Å². The molecule has 0 spiro atoms. The van der Waals surface area contributed by atoms with Crippen LogP contribution in [0.5, 0.6) is 0 Å². The largest absolute Gasteiger partial charge is 0.351 e. The predicted molar refractivity (Wildman–Crippen MR) is 63.7 cm³/mol. The third-order valence-corrected chi connectivity index (χ3v) is 3.07. The average molecular weight is 234 g/mol. The summed E-state index contributed by atoms with van der Waals surface area (Å²) in [5.74, 6) is -0.200. The third kappa shape index (κ3) is 2.84. The Hall–Kier alpha value is -1.83. The van der Waals surface area contributed by atoms with E-state index in [1.54, 1.807) is 10.9 Å². The number of aromatic nitrogens is 2. The van der Waals surface area contributed by atoms with E-state index in [0.717, 1.165) is 5.56 Å². The Morgan fingerprint density at radius 3 is 2.65 bits per heavy atom. The highest BCUT2D eigenvalue weighted by Gasteiger charge is 2.34. The van der Waals surface area contributed by atoms with E-state index in [1.807, 2.05) is 27.1 Å². The summed E-state index contributed by atoms with van der Waals surface area (Å²) < 4.78 is 1.68. The van der Waals surface area contributed by atoms with Crippen LogP contribution in [-0.2, 0) is 18.4 Å². The summed E-state index contributed by atoms with van der Waals surface area (Å²) in [6.45, 7) is 4.13. The molecule has 92 valence electrons. The lowest BCUT2D eigenvalue weighted by Gasteiger charge is -2.21. The second kappa shape index (κ2) is 5.48. The second-order valence-corrected chi connectivity index (χ2v) is 4.11. The van der Waals surface area contributed by atoms with Crippen molar-refractivity contribution in [3.8, 4) is 6.07 Å². The maximum absolute atomic E-state index is 12.0. The molecule has 0 saturated carbocycles. The summed E-state index contributed by atoms with van der Waals surface area (Å²) >= 11 is 0. The van der Waals surface area contributed by atoms with Crippen LogP contribution in [0.3, 0.4) is 0 Å². The SMILES string of the molecule is CCC(C#N)(CC)C(=O)NCc1cnn(C)c1. The average Bonchev–Trinajstić information content (AvgIpc) is 2.75. The summed E-state index contributed by atoms with van der Waals surface area (Å²) in [6.07, 6.45) is 4.59. The van der Waals surface area contributed by atoms with Gasteiger partial charge in [-0.05, 0) is 12.8 Å².